The molecular weight excluding hydrogens is 272 g/mol. The van der Waals surface area contributed by atoms with E-state index >= 15 is 0 Å². The molecule has 0 atom stereocenters. The van der Waals surface area contributed by atoms with Gasteiger partial charge in [-0.05, 0) is 43.9 Å². The standard InChI is InChI=1S/C20H22O2/c1-16-10-12-19(13-11-16)15-17(2)20(21)22-14-6-9-18-7-4-3-5-8-18/h3-5,7-8,10-13,15H,6,9,14H2,1-2H3. The molecule has 2 rings (SSSR count). The number of carbonyl (C=O) groups excluding carboxylic acids is 1. The molecule has 0 aliphatic heterocycles. The minimum atomic E-state index is -0.242. The van der Waals surface area contributed by atoms with Crippen molar-refractivity contribution >= 4 is 12.0 Å². The molecule has 0 radical (unpaired) electrons. The third-order valence-corrected chi connectivity index (χ3v) is 3.47. The van der Waals surface area contributed by atoms with Gasteiger partial charge >= 0.3 is 5.97 Å². The van der Waals surface area contributed by atoms with Crippen molar-refractivity contribution < 1.29 is 9.53 Å². The average molecular weight is 294 g/mol. The minimum absolute atomic E-state index is 0.242. The summed E-state index contributed by atoms with van der Waals surface area (Å²) in [5, 5.41) is 0. The molecule has 0 heterocycles. The fraction of sp³-hybridized carbons (Fsp3) is 0.250. The maximum atomic E-state index is 11.9. The second kappa shape index (κ2) is 8.18. The molecule has 114 valence electrons. The van der Waals surface area contributed by atoms with E-state index in [1.54, 1.807) is 6.92 Å². The molecule has 0 saturated carbocycles. The molecule has 0 saturated heterocycles. The summed E-state index contributed by atoms with van der Waals surface area (Å²) in [7, 11) is 0. The van der Waals surface area contributed by atoms with Crippen molar-refractivity contribution in [3.8, 4) is 0 Å². The monoisotopic (exact) mass is 294 g/mol. The first-order chi connectivity index (χ1) is 10.6. The smallest absolute Gasteiger partial charge is 0.333 e. The molecule has 2 aromatic carbocycles. The fourth-order valence-electron chi connectivity index (χ4n) is 2.17. The highest BCUT2D eigenvalue weighted by atomic mass is 16.5. The quantitative estimate of drug-likeness (QED) is 0.443. The number of rotatable bonds is 6. The summed E-state index contributed by atoms with van der Waals surface area (Å²) in [6.07, 6.45) is 3.63. The lowest BCUT2D eigenvalue weighted by Gasteiger charge is -2.05. The van der Waals surface area contributed by atoms with Crippen molar-refractivity contribution in [1.82, 2.24) is 0 Å². The van der Waals surface area contributed by atoms with Crippen LogP contribution in [0.15, 0.2) is 60.2 Å². The summed E-state index contributed by atoms with van der Waals surface area (Å²) in [5.74, 6) is -0.242. The van der Waals surface area contributed by atoms with E-state index in [-0.39, 0.29) is 5.97 Å². The SMILES string of the molecule is CC(=Cc1ccc(C)cc1)C(=O)OCCCc1ccccc1. The number of benzene rings is 2. The summed E-state index contributed by atoms with van der Waals surface area (Å²) in [4.78, 5) is 11.9. The highest BCUT2D eigenvalue weighted by Gasteiger charge is 2.05. The van der Waals surface area contributed by atoms with Gasteiger partial charge in [0.2, 0.25) is 0 Å². The highest BCUT2D eigenvalue weighted by Crippen LogP contribution is 2.10. The van der Waals surface area contributed by atoms with Crippen LogP contribution in [0.3, 0.4) is 0 Å². The maximum Gasteiger partial charge on any atom is 0.333 e. The van der Waals surface area contributed by atoms with Crippen LogP contribution in [0.5, 0.6) is 0 Å². The Bertz CT molecular complexity index is 625. The van der Waals surface area contributed by atoms with Crippen molar-refractivity contribution in [2.24, 2.45) is 0 Å². The molecule has 0 aliphatic rings. The number of carbonyl (C=O) groups is 1. The molecule has 0 amide bonds. The first kappa shape index (κ1) is 16.0. The van der Waals surface area contributed by atoms with Crippen LogP contribution in [-0.4, -0.2) is 12.6 Å². The van der Waals surface area contributed by atoms with Gasteiger partial charge in [-0.15, -0.1) is 0 Å². The van der Waals surface area contributed by atoms with Gasteiger partial charge in [-0.3, -0.25) is 0 Å². The lowest BCUT2D eigenvalue weighted by Crippen LogP contribution is -2.07. The lowest BCUT2D eigenvalue weighted by molar-refractivity contribution is -0.138. The summed E-state index contributed by atoms with van der Waals surface area (Å²) >= 11 is 0. The van der Waals surface area contributed by atoms with Crippen molar-refractivity contribution in [2.75, 3.05) is 6.61 Å². The van der Waals surface area contributed by atoms with Crippen molar-refractivity contribution in [3.63, 3.8) is 0 Å². The number of esters is 1. The van der Waals surface area contributed by atoms with Gasteiger partial charge < -0.3 is 4.74 Å². The molecule has 2 nitrogen and oxygen atoms in total. The molecule has 0 aromatic heterocycles. The van der Waals surface area contributed by atoms with E-state index in [0.717, 1.165) is 18.4 Å². The van der Waals surface area contributed by atoms with E-state index < -0.39 is 0 Å². The Morgan fingerprint density at radius 1 is 1.05 bits per heavy atom. The maximum absolute atomic E-state index is 11.9. The summed E-state index contributed by atoms with van der Waals surface area (Å²) in [5.41, 5.74) is 4.12. The van der Waals surface area contributed by atoms with Gasteiger partial charge in [-0.2, -0.15) is 0 Å². The van der Waals surface area contributed by atoms with Crippen LogP contribution >= 0.6 is 0 Å². The molecule has 2 aromatic rings. The fourth-order valence-corrected chi connectivity index (χ4v) is 2.17. The molecule has 0 aliphatic carbocycles. The van der Waals surface area contributed by atoms with E-state index in [2.05, 4.69) is 12.1 Å². The molecule has 0 N–H and O–H groups in total. The van der Waals surface area contributed by atoms with Crippen LogP contribution in [0.2, 0.25) is 0 Å². The van der Waals surface area contributed by atoms with Gasteiger partial charge in [-0.1, -0.05) is 60.2 Å². The Labute approximate surface area is 132 Å². The Hall–Kier alpha value is -2.35. The topological polar surface area (TPSA) is 26.3 Å². The van der Waals surface area contributed by atoms with Gasteiger partial charge in [0, 0.05) is 5.57 Å². The van der Waals surface area contributed by atoms with Crippen LogP contribution in [-0.2, 0) is 16.0 Å². The third-order valence-electron chi connectivity index (χ3n) is 3.47. The largest absolute Gasteiger partial charge is 0.462 e. The van der Waals surface area contributed by atoms with Gasteiger partial charge in [-0.25, -0.2) is 4.79 Å². The van der Waals surface area contributed by atoms with Crippen molar-refractivity contribution in [3.05, 3.63) is 76.9 Å². The van der Waals surface area contributed by atoms with E-state index in [9.17, 15) is 4.79 Å². The Kier molecular flexibility index (Phi) is 5.96. The van der Waals surface area contributed by atoms with Crippen molar-refractivity contribution in [2.45, 2.75) is 26.7 Å². The first-order valence-electron chi connectivity index (χ1n) is 7.61. The van der Waals surface area contributed by atoms with Gasteiger partial charge in [0.05, 0.1) is 6.61 Å². The molecule has 0 bridgehead atoms. The predicted molar refractivity (Wildman–Crippen MR) is 90.6 cm³/mol. The van der Waals surface area contributed by atoms with Crippen LogP contribution < -0.4 is 0 Å². The molecule has 0 fully saturated rings. The zero-order valence-electron chi connectivity index (χ0n) is 13.2. The molecule has 0 unspecified atom stereocenters. The minimum Gasteiger partial charge on any atom is -0.462 e. The van der Waals surface area contributed by atoms with E-state index in [1.165, 1.54) is 11.1 Å². The predicted octanol–water partition coefficient (Wildman–Crippen LogP) is 4.57. The van der Waals surface area contributed by atoms with Gasteiger partial charge in [0.1, 0.15) is 0 Å². The second-order valence-corrected chi connectivity index (χ2v) is 5.46. The van der Waals surface area contributed by atoms with Gasteiger partial charge in [0.25, 0.3) is 0 Å². The molecule has 0 spiro atoms. The molecular formula is C20H22O2. The van der Waals surface area contributed by atoms with Crippen LogP contribution in [0.4, 0.5) is 0 Å². The third kappa shape index (κ3) is 5.21. The van der Waals surface area contributed by atoms with Crippen LogP contribution in [0.25, 0.3) is 6.08 Å². The molecule has 22 heavy (non-hydrogen) atoms. The number of hydrogen-bond acceptors (Lipinski definition) is 2. The zero-order valence-corrected chi connectivity index (χ0v) is 13.2. The summed E-state index contributed by atoms with van der Waals surface area (Å²) in [6, 6.07) is 18.3. The Balaban J connectivity index is 1.78. The first-order valence-corrected chi connectivity index (χ1v) is 7.61. The Morgan fingerprint density at radius 2 is 1.73 bits per heavy atom. The zero-order chi connectivity index (χ0) is 15.8. The number of ether oxygens (including phenoxy) is 1. The van der Waals surface area contributed by atoms with Crippen LogP contribution in [0.1, 0.15) is 30.0 Å². The molecule has 2 heteroatoms. The van der Waals surface area contributed by atoms with E-state index in [4.69, 9.17) is 4.74 Å². The summed E-state index contributed by atoms with van der Waals surface area (Å²) < 4.78 is 5.31. The average Bonchev–Trinajstić information content (AvgIpc) is 2.54. The van der Waals surface area contributed by atoms with Crippen LogP contribution in [0, 0.1) is 6.92 Å². The highest BCUT2D eigenvalue weighted by molar-refractivity contribution is 5.92. The number of aryl methyl sites for hydroxylation is 2. The second-order valence-electron chi connectivity index (χ2n) is 5.46. The Morgan fingerprint density at radius 3 is 2.41 bits per heavy atom. The van der Waals surface area contributed by atoms with E-state index in [1.807, 2.05) is 55.5 Å². The lowest BCUT2D eigenvalue weighted by atomic mass is 10.1. The van der Waals surface area contributed by atoms with Gasteiger partial charge in [0.15, 0.2) is 0 Å². The summed E-state index contributed by atoms with van der Waals surface area (Å²) in [6.45, 7) is 4.29. The number of hydrogen-bond donors (Lipinski definition) is 0. The normalized spacial score (nSPS) is 11.3. The van der Waals surface area contributed by atoms with E-state index in [0.29, 0.717) is 12.2 Å². The van der Waals surface area contributed by atoms with Crippen molar-refractivity contribution in [1.29, 1.82) is 0 Å².